The maximum Gasteiger partial charge on any atom is 0.165 e. The van der Waals surface area contributed by atoms with E-state index in [4.69, 9.17) is 14.5 Å². The van der Waals surface area contributed by atoms with Gasteiger partial charge in [-0.05, 0) is 45.7 Å². The Balaban J connectivity index is 1.23. The second-order valence-electron chi connectivity index (χ2n) is 10.3. The Bertz CT molecular complexity index is 1180. The predicted octanol–water partition coefficient (Wildman–Crippen LogP) is 2.90. The summed E-state index contributed by atoms with van der Waals surface area (Å²) in [7, 11) is 0. The Morgan fingerprint density at radius 2 is 1.91 bits per heavy atom. The molecule has 34 heavy (non-hydrogen) atoms. The summed E-state index contributed by atoms with van der Waals surface area (Å²) in [5, 5.41) is 13.5. The lowest BCUT2D eigenvalue weighted by atomic mass is 10.1. The quantitative estimate of drug-likeness (QED) is 0.595. The molecule has 0 unspecified atom stereocenters. The summed E-state index contributed by atoms with van der Waals surface area (Å²) in [6.07, 6.45) is 4.94. The zero-order valence-electron chi connectivity index (χ0n) is 19.9. The van der Waals surface area contributed by atoms with E-state index in [-0.39, 0.29) is 36.8 Å². The fourth-order valence-electron chi connectivity index (χ4n) is 5.77. The average molecular weight is 465 g/mol. The molecule has 2 aromatic heterocycles. The summed E-state index contributed by atoms with van der Waals surface area (Å²) >= 11 is 0. The number of imidazole rings is 1. The van der Waals surface area contributed by atoms with Crippen molar-refractivity contribution >= 4 is 22.7 Å². The first kappa shape index (κ1) is 21.8. The van der Waals surface area contributed by atoms with Crippen LogP contribution in [0.4, 0.5) is 11.5 Å². The normalized spacial score (nSPS) is 30.2. The molecule has 2 N–H and O–H groups in total. The van der Waals surface area contributed by atoms with E-state index in [0.29, 0.717) is 0 Å². The molecule has 0 spiro atoms. The molecule has 1 saturated carbocycles. The second-order valence-corrected chi connectivity index (χ2v) is 10.3. The Morgan fingerprint density at radius 1 is 1.12 bits per heavy atom. The van der Waals surface area contributed by atoms with E-state index in [1.165, 1.54) is 11.3 Å². The highest BCUT2D eigenvalue weighted by Crippen LogP contribution is 2.47. The summed E-state index contributed by atoms with van der Waals surface area (Å²) in [5.41, 5.74) is 4.07. The molecule has 6 rings (SSSR count). The fourth-order valence-corrected chi connectivity index (χ4v) is 5.77. The van der Waals surface area contributed by atoms with Gasteiger partial charge in [0, 0.05) is 37.3 Å². The van der Waals surface area contributed by atoms with Gasteiger partial charge < -0.3 is 29.4 Å². The summed E-state index contributed by atoms with van der Waals surface area (Å²) in [4.78, 5) is 16.2. The first-order valence-corrected chi connectivity index (χ1v) is 12.1. The van der Waals surface area contributed by atoms with Gasteiger partial charge in [0.2, 0.25) is 0 Å². The van der Waals surface area contributed by atoms with Gasteiger partial charge in [-0.25, -0.2) is 15.0 Å². The third-order valence-electron chi connectivity index (χ3n) is 7.43. The van der Waals surface area contributed by atoms with Crippen LogP contribution in [0.3, 0.4) is 0 Å². The molecule has 0 radical (unpaired) electrons. The van der Waals surface area contributed by atoms with Gasteiger partial charge in [-0.1, -0.05) is 17.7 Å². The van der Waals surface area contributed by atoms with Crippen molar-refractivity contribution in [1.82, 2.24) is 19.5 Å². The summed E-state index contributed by atoms with van der Waals surface area (Å²) < 4.78 is 14.4. The lowest BCUT2D eigenvalue weighted by Crippen LogP contribution is -2.27. The van der Waals surface area contributed by atoms with Crippen molar-refractivity contribution in [2.45, 2.75) is 63.7 Å². The smallest absolute Gasteiger partial charge is 0.165 e. The van der Waals surface area contributed by atoms with Crippen molar-refractivity contribution in [1.29, 1.82) is 0 Å². The number of anilines is 2. The van der Waals surface area contributed by atoms with Crippen LogP contribution < -0.4 is 10.2 Å². The van der Waals surface area contributed by atoms with Gasteiger partial charge in [-0.3, -0.25) is 0 Å². The lowest BCUT2D eigenvalue weighted by Gasteiger charge is -2.23. The minimum Gasteiger partial charge on any atom is -0.396 e. The Morgan fingerprint density at radius 3 is 2.71 bits per heavy atom. The van der Waals surface area contributed by atoms with Crippen LogP contribution in [0, 0.1) is 12.8 Å². The summed E-state index contributed by atoms with van der Waals surface area (Å²) in [5.74, 6) is 0.127. The minimum absolute atomic E-state index is 0.000171. The van der Waals surface area contributed by atoms with E-state index in [1.54, 1.807) is 6.33 Å². The maximum atomic E-state index is 9.93. The number of aliphatic hydroxyl groups excluding tert-OH is 1. The van der Waals surface area contributed by atoms with Crippen LogP contribution >= 0.6 is 0 Å². The van der Waals surface area contributed by atoms with Gasteiger partial charge in [0.25, 0.3) is 0 Å². The molecule has 3 aliphatic rings. The monoisotopic (exact) mass is 464 g/mol. The van der Waals surface area contributed by atoms with Crippen LogP contribution in [0.15, 0.2) is 36.9 Å². The number of nitrogens with zero attached hydrogens (tertiary/aromatic N) is 5. The largest absolute Gasteiger partial charge is 0.396 e. The SMILES string of the molecule is Cc1ccc(N2CC[C@H](Nc3ncnc4c3ncn4[C@@H]3C[C@H](CO)[C@H]4OC(C)(C)O[C@H]43)C2)cc1. The standard InChI is InChI=1S/C25H32N6O3/c1-15-4-6-18(7-5-15)30-9-8-17(11-30)29-23-20-24(27-13-26-23)31(14-28-20)19-10-16(12-32)21-22(19)34-25(2,3)33-21/h4-7,13-14,16-17,19,21-22,32H,8-12H2,1-3H3,(H,26,27,29)/t16-,17+,19-,21-,22+/m1/s1. The van der Waals surface area contributed by atoms with E-state index in [1.807, 2.05) is 20.2 Å². The highest BCUT2D eigenvalue weighted by Gasteiger charge is 2.54. The molecular weight excluding hydrogens is 432 g/mol. The number of aryl methyl sites for hydroxylation is 1. The number of benzene rings is 1. The lowest BCUT2D eigenvalue weighted by molar-refractivity contribution is -0.161. The number of ether oxygens (including phenoxy) is 2. The van der Waals surface area contributed by atoms with Crippen LogP contribution in [0.1, 0.15) is 38.3 Å². The minimum atomic E-state index is -0.661. The van der Waals surface area contributed by atoms with E-state index in [9.17, 15) is 5.11 Å². The molecule has 2 aliphatic heterocycles. The molecule has 0 amide bonds. The number of hydrogen-bond acceptors (Lipinski definition) is 8. The zero-order chi connectivity index (χ0) is 23.4. The molecule has 9 heteroatoms. The third kappa shape index (κ3) is 3.72. The van der Waals surface area contributed by atoms with Crippen molar-refractivity contribution in [2.24, 2.45) is 5.92 Å². The molecule has 9 nitrogen and oxygen atoms in total. The number of fused-ring (bicyclic) bond motifs is 2. The molecule has 4 heterocycles. The van der Waals surface area contributed by atoms with Crippen LogP contribution in [0.2, 0.25) is 0 Å². The first-order valence-electron chi connectivity index (χ1n) is 12.1. The number of hydrogen-bond donors (Lipinski definition) is 2. The van der Waals surface area contributed by atoms with E-state index in [2.05, 4.69) is 55.9 Å². The van der Waals surface area contributed by atoms with Crippen molar-refractivity contribution in [3.05, 3.63) is 42.5 Å². The predicted molar refractivity (Wildman–Crippen MR) is 129 cm³/mol. The molecule has 1 aliphatic carbocycles. The Labute approximate surface area is 199 Å². The van der Waals surface area contributed by atoms with Crippen molar-refractivity contribution in [3.63, 3.8) is 0 Å². The van der Waals surface area contributed by atoms with Gasteiger partial charge in [0.15, 0.2) is 17.3 Å². The van der Waals surface area contributed by atoms with E-state index in [0.717, 1.165) is 42.9 Å². The highest BCUT2D eigenvalue weighted by molar-refractivity contribution is 5.83. The van der Waals surface area contributed by atoms with Gasteiger partial charge in [-0.2, -0.15) is 0 Å². The Kier molecular flexibility index (Phi) is 5.24. The molecule has 1 aromatic carbocycles. The van der Waals surface area contributed by atoms with Gasteiger partial charge in [0.05, 0.1) is 18.5 Å². The molecule has 3 aromatic rings. The topological polar surface area (TPSA) is 97.6 Å². The number of nitrogens with one attached hydrogen (secondary N) is 1. The van der Waals surface area contributed by atoms with Gasteiger partial charge in [0.1, 0.15) is 17.9 Å². The zero-order valence-corrected chi connectivity index (χ0v) is 19.9. The maximum absolute atomic E-state index is 9.93. The number of aliphatic hydroxyl groups is 1. The average Bonchev–Trinajstić information content (AvgIpc) is 3.57. The van der Waals surface area contributed by atoms with Crippen LogP contribution in [0.5, 0.6) is 0 Å². The summed E-state index contributed by atoms with van der Waals surface area (Å²) in [6.45, 7) is 7.96. The van der Waals surface area contributed by atoms with Gasteiger partial charge >= 0.3 is 0 Å². The van der Waals surface area contributed by atoms with Crippen LogP contribution in [0.25, 0.3) is 11.2 Å². The molecule has 5 atom stereocenters. The van der Waals surface area contributed by atoms with Crippen molar-refractivity contribution in [3.8, 4) is 0 Å². The third-order valence-corrected chi connectivity index (χ3v) is 7.43. The van der Waals surface area contributed by atoms with Crippen LogP contribution in [-0.2, 0) is 9.47 Å². The van der Waals surface area contributed by atoms with Crippen LogP contribution in [-0.4, -0.2) is 68.4 Å². The van der Waals surface area contributed by atoms with E-state index >= 15 is 0 Å². The van der Waals surface area contributed by atoms with E-state index < -0.39 is 5.79 Å². The molecular formula is C25H32N6O3. The molecule has 180 valence electrons. The summed E-state index contributed by atoms with van der Waals surface area (Å²) in [6, 6.07) is 8.98. The molecule has 3 fully saturated rings. The van der Waals surface area contributed by atoms with Crippen molar-refractivity contribution < 1.29 is 14.6 Å². The number of aromatic nitrogens is 4. The number of rotatable bonds is 5. The van der Waals surface area contributed by atoms with Crippen molar-refractivity contribution in [2.75, 3.05) is 29.9 Å². The fraction of sp³-hybridized carbons (Fsp3) is 0.560. The molecule has 2 saturated heterocycles. The molecule has 0 bridgehead atoms. The second kappa shape index (κ2) is 8.18. The first-order chi connectivity index (χ1) is 16.4. The van der Waals surface area contributed by atoms with Gasteiger partial charge in [-0.15, -0.1) is 0 Å². The Hall–Kier alpha value is -2.75. The highest BCUT2D eigenvalue weighted by atomic mass is 16.8.